The van der Waals surface area contributed by atoms with Crippen LogP contribution >= 0.6 is 11.8 Å². The molecule has 4 heteroatoms. The molecule has 1 N–H and O–H groups in total. The van der Waals surface area contributed by atoms with E-state index in [1.165, 1.54) is 17.9 Å². The molecule has 14 heavy (non-hydrogen) atoms. The monoisotopic (exact) mass is 216 g/mol. The Kier molecular flexibility index (Phi) is 4.10. The normalized spacial score (nSPS) is 34.9. The molecule has 0 aromatic rings. The molecule has 0 spiro atoms. The van der Waals surface area contributed by atoms with E-state index in [2.05, 4.69) is 22.0 Å². The number of nitrogens with one attached hydrogen (secondary N) is 1. The molecule has 2 aliphatic heterocycles. The first-order valence-electron chi connectivity index (χ1n) is 5.48. The zero-order chi connectivity index (χ0) is 9.80. The highest BCUT2D eigenvalue weighted by atomic mass is 32.2. The minimum absolute atomic E-state index is 0.402. The fourth-order valence-electron chi connectivity index (χ4n) is 2.24. The maximum atomic E-state index is 5.70. The van der Waals surface area contributed by atoms with Crippen molar-refractivity contribution in [3.05, 3.63) is 0 Å². The summed E-state index contributed by atoms with van der Waals surface area (Å²) in [5, 5.41) is 3.19. The minimum atomic E-state index is 0.402. The summed E-state index contributed by atoms with van der Waals surface area (Å²) in [7, 11) is 1.99. The van der Waals surface area contributed by atoms with Gasteiger partial charge in [-0.05, 0) is 19.2 Å². The van der Waals surface area contributed by atoms with Crippen LogP contribution in [0.25, 0.3) is 0 Å². The van der Waals surface area contributed by atoms with Crippen molar-refractivity contribution in [3.8, 4) is 0 Å². The summed E-state index contributed by atoms with van der Waals surface area (Å²) < 4.78 is 5.70. The van der Waals surface area contributed by atoms with Crippen LogP contribution in [0.2, 0.25) is 0 Å². The molecular weight excluding hydrogens is 196 g/mol. The van der Waals surface area contributed by atoms with Crippen LogP contribution in [0.5, 0.6) is 0 Å². The average Bonchev–Trinajstić information content (AvgIpc) is 2.71. The molecule has 0 radical (unpaired) electrons. The second kappa shape index (κ2) is 5.35. The van der Waals surface area contributed by atoms with Gasteiger partial charge in [-0.25, -0.2) is 0 Å². The lowest BCUT2D eigenvalue weighted by Gasteiger charge is -2.36. The van der Waals surface area contributed by atoms with E-state index in [1.54, 1.807) is 0 Å². The van der Waals surface area contributed by atoms with Gasteiger partial charge in [0.25, 0.3) is 0 Å². The van der Waals surface area contributed by atoms with Crippen LogP contribution in [0.15, 0.2) is 0 Å². The van der Waals surface area contributed by atoms with Crippen LogP contribution in [-0.2, 0) is 4.74 Å². The summed E-state index contributed by atoms with van der Waals surface area (Å²) >= 11 is 2.09. The van der Waals surface area contributed by atoms with Gasteiger partial charge in [0.1, 0.15) is 0 Å². The Labute approximate surface area is 90.6 Å². The van der Waals surface area contributed by atoms with Gasteiger partial charge in [-0.2, -0.15) is 11.8 Å². The van der Waals surface area contributed by atoms with Crippen molar-refractivity contribution >= 4 is 11.8 Å². The Balaban J connectivity index is 1.80. The number of nitrogens with zero attached hydrogens (tertiary/aromatic N) is 1. The number of thioether (sulfide) groups is 1. The third-order valence-electron chi connectivity index (χ3n) is 3.02. The predicted octanol–water partition coefficient (Wildman–Crippen LogP) is 0.412. The molecule has 0 aromatic heterocycles. The summed E-state index contributed by atoms with van der Waals surface area (Å²) in [5.74, 6) is 2.67. The smallest absolute Gasteiger partial charge is 0.0826 e. The van der Waals surface area contributed by atoms with Gasteiger partial charge in [-0.1, -0.05) is 0 Å². The molecule has 3 nitrogen and oxygen atoms in total. The van der Waals surface area contributed by atoms with E-state index in [0.29, 0.717) is 6.10 Å². The van der Waals surface area contributed by atoms with Gasteiger partial charge in [-0.15, -0.1) is 0 Å². The summed E-state index contributed by atoms with van der Waals surface area (Å²) in [5.41, 5.74) is 0. The second-order valence-corrected chi connectivity index (χ2v) is 5.21. The Bertz CT molecular complexity index is 172. The fourth-order valence-corrected chi connectivity index (χ4v) is 3.49. The van der Waals surface area contributed by atoms with E-state index in [1.807, 2.05) is 7.05 Å². The van der Waals surface area contributed by atoms with Crippen molar-refractivity contribution in [1.82, 2.24) is 10.2 Å². The van der Waals surface area contributed by atoms with Gasteiger partial charge >= 0.3 is 0 Å². The molecule has 0 bridgehead atoms. The number of likely N-dealkylation sites (N-methyl/N-ethyl adjacent to an activating group) is 1. The SMILES string of the molecule is CNCC1CN(C2CCSC2)CCO1. The molecular formula is C10H20N2OS. The molecule has 2 rings (SSSR count). The Morgan fingerprint density at radius 3 is 3.21 bits per heavy atom. The maximum Gasteiger partial charge on any atom is 0.0826 e. The van der Waals surface area contributed by atoms with E-state index in [4.69, 9.17) is 4.74 Å². The van der Waals surface area contributed by atoms with Crippen LogP contribution < -0.4 is 5.32 Å². The third-order valence-corrected chi connectivity index (χ3v) is 4.17. The second-order valence-electron chi connectivity index (χ2n) is 4.06. The van der Waals surface area contributed by atoms with Crippen molar-refractivity contribution in [1.29, 1.82) is 0 Å². The van der Waals surface area contributed by atoms with Crippen LogP contribution in [0, 0.1) is 0 Å². The lowest BCUT2D eigenvalue weighted by atomic mass is 10.1. The highest BCUT2D eigenvalue weighted by Crippen LogP contribution is 2.23. The summed E-state index contributed by atoms with van der Waals surface area (Å²) in [6.45, 7) is 4.14. The van der Waals surface area contributed by atoms with Gasteiger partial charge in [0.2, 0.25) is 0 Å². The van der Waals surface area contributed by atoms with Crippen LogP contribution in [0.4, 0.5) is 0 Å². The van der Waals surface area contributed by atoms with Crippen molar-refractivity contribution in [3.63, 3.8) is 0 Å². The van der Waals surface area contributed by atoms with E-state index >= 15 is 0 Å². The number of ether oxygens (including phenoxy) is 1. The van der Waals surface area contributed by atoms with Crippen LogP contribution in [0.1, 0.15) is 6.42 Å². The average molecular weight is 216 g/mol. The Morgan fingerprint density at radius 1 is 1.57 bits per heavy atom. The largest absolute Gasteiger partial charge is 0.374 e. The van der Waals surface area contributed by atoms with Crippen molar-refractivity contribution in [2.24, 2.45) is 0 Å². The Hall–Kier alpha value is 0.230. The maximum absolute atomic E-state index is 5.70. The molecule has 2 unspecified atom stereocenters. The lowest BCUT2D eigenvalue weighted by Crippen LogP contribution is -2.50. The van der Waals surface area contributed by atoms with Crippen molar-refractivity contribution < 1.29 is 4.74 Å². The molecule has 2 fully saturated rings. The summed E-state index contributed by atoms with van der Waals surface area (Å²) in [6, 6.07) is 0.822. The minimum Gasteiger partial charge on any atom is -0.374 e. The quantitative estimate of drug-likeness (QED) is 0.738. The molecule has 0 saturated carbocycles. The lowest BCUT2D eigenvalue weighted by molar-refractivity contribution is -0.0376. The molecule has 82 valence electrons. The number of hydrogen-bond acceptors (Lipinski definition) is 4. The first kappa shape index (κ1) is 10.7. The molecule has 0 aliphatic carbocycles. The van der Waals surface area contributed by atoms with Crippen molar-refractivity contribution in [2.75, 3.05) is 44.8 Å². The molecule has 2 aliphatic rings. The van der Waals surface area contributed by atoms with E-state index in [-0.39, 0.29) is 0 Å². The highest BCUT2D eigenvalue weighted by molar-refractivity contribution is 7.99. The summed E-state index contributed by atoms with van der Waals surface area (Å²) in [4.78, 5) is 2.62. The molecule has 2 atom stereocenters. The number of rotatable bonds is 3. The van der Waals surface area contributed by atoms with E-state index < -0.39 is 0 Å². The molecule has 2 saturated heterocycles. The first-order chi connectivity index (χ1) is 6.90. The van der Waals surface area contributed by atoms with E-state index in [0.717, 1.165) is 32.3 Å². The van der Waals surface area contributed by atoms with Crippen molar-refractivity contribution in [2.45, 2.75) is 18.6 Å². The molecule has 2 heterocycles. The van der Waals surface area contributed by atoms with Gasteiger partial charge in [0.05, 0.1) is 12.7 Å². The number of morpholine rings is 1. The zero-order valence-electron chi connectivity index (χ0n) is 8.87. The first-order valence-corrected chi connectivity index (χ1v) is 6.63. The molecule has 0 aromatic carbocycles. The standard InChI is InChI=1S/C10H20N2OS/c1-11-6-10-7-12(3-4-13-10)9-2-5-14-8-9/h9-11H,2-8H2,1H3. The van der Waals surface area contributed by atoms with Crippen LogP contribution in [0.3, 0.4) is 0 Å². The van der Waals surface area contributed by atoms with Gasteiger partial charge in [-0.3, -0.25) is 4.90 Å². The van der Waals surface area contributed by atoms with Gasteiger partial charge < -0.3 is 10.1 Å². The predicted molar refractivity (Wildman–Crippen MR) is 61.0 cm³/mol. The van der Waals surface area contributed by atoms with E-state index in [9.17, 15) is 0 Å². The van der Waals surface area contributed by atoms with Crippen LogP contribution in [-0.4, -0.2) is 61.8 Å². The zero-order valence-corrected chi connectivity index (χ0v) is 9.68. The third kappa shape index (κ3) is 2.63. The van der Waals surface area contributed by atoms with Gasteiger partial charge in [0.15, 0.2) is 0 Å². The van der Waals surface area contributed by atoms with Gasteiger partial charge in [0, 0.05) is 31.4 Å². The molecule has 0 amide bonds. The highest BCUT2D eigenvalue weighted by Gasteiger charge is 2.28. The Morgan fingerprint density at radius 2 is 2.50 bits per heavy atom. The fraction of sp³-hybridized carbons (Fsp3) is 1.00. The topological polar surface area (TPSA) is 24.5 Å². The summed E-state index contributed by atoms with van der Waals surface area (Å²) in [6.07, 6.45) is 1.77. The number of hydrogen-bond donors (Lipinski definition) is 1.